The minimum atomic E-state index is -1.62. The van der Waals surface area contributed by atoms with Gasteiger partial charge in [-0.2, -0.15) is 0 Å². The first-order valence-electron chi connectivity index (χ1n) is 16.4. The molecule has 2 aliphatic rings. The maximum absolute atomic E-state index is 12.4. The van der Waals surface area contributed by atoms with Crippen molar-refractivity contribution in [2.24, 2.45) is 0 Å². The van der Waals surface area contributed by atoms with E-state index in [1.165, 1.54) is 6.92 Å². The fourth-order valence-electron chi connectivity index (χ4n) is 5.55. The van der Waals surface area contributed by atoms with Crippen molar-refractivity contribution in [2.45, 2.75) is 148 Å². The summed E-state index contributed by atoms with van der Waals surface area (Å²) in [5.41, 5.74) is 0. The number of unbranched alkanes of at least 4 members (excludes halogenated alkanes) is 4. The number of ether oxygens (including phenoxy) is 10. The lowest BCUT2D eigenvalue weighted by Gasteiger charge is -2.48. The Hall–Kier alpha value is -3.60. The second kappa shape index (κ2) is 20.8. The quantitative estimate of drug-likeness (QED) is 0.0874. The fraction of sp³-hybridized carbons (Fsp3) is 0.758. The van der Waals surface area contributed by atoms with Gasteiger partial charge in [0.05, 0.1) is 6.10 Å². The third-order valence-corrected chi connectivity index (χ3v) is 7.42. The molecule has 0 aromatic carbocycles. The van der Waals surface area contributed by atoms with Crippen LogP contribution < -0.4 is 0 Å². The Labute approximate surface area is 286 Å². The predicted octanol–water partition coefficient (Wildman–Crippen LogP) is 2.61. The number of rotatable bonds is 18. The summed E-state index contributed by atoms with van der Waals surface area (Å²) >= 11 is 0. The molecule has 0 radical (unpaired) electrons. The van der Waals surface area contributed by atoms with E-state index in [0.717, 1.165) is 60.3 Å². The highest BCUT2D eigenvalue weighted by atomic mass is 16.8. The van der Waals surface area contributed by atoms with Crippen molar-refractivity contribution >= 4 is 35.8 Å². The van der Waals surface area contributed by atoms with Crippen LogP contribution in [0.25, 0.3) is 0 Å². The molecule has 2 saturated heterocycles. The van der Waals surface area contributed by atoms with Gasteiger partial charge in [-0.3, -0.25) is 28.8 Å². The molecule has 0 saturated carbocycles. The molecule has 10 unspecified atom stereocenters. The minimum absolute atomic E-state index is 0.255. The summed E-state index contributed by atoms with van der Waals surface area (Å²) in [4.78, 5) is 73.1. The van der Waals surface area contributed by atoms with Gasteiger partial charge in [0.1, 0.15) is 18.8 Å². The molecule has 0 spiro atoms. The van der Waals surface area contributed by atoms with Gasteiger partial charge in [0.25, 0.3) is 0 Å². The lowest BCUT2D eigenvalue weighted by atomic mass is 9.95. The first-order valence-corrected chi connectivity index (χ1v) is 16.4. The van der Waals surface area contributed by atoms with Gasteiger partial charge in [-0.25, -0.2) is 0 Å². The number of esters is 6. The highest BCUT2D eigenvalue weighted by Crippen LogP contribution is 2.36. The van der Waals surface area contributed by atoms with Crippen molar-refractivity contribution in [2.75, 3.05) is 13.2 Å². The average molecular weight is 703 g/mol. The molecule has 278 valence electrons. The monoisotopic (exact) mass is 702 g/mol. The highest BCUT2D eigenvalue weighted by molar-refractivity contribution is 5.69. The second-order valence-corrected chi connectivity index (χ2v) is 11.6. The number of allylic oxidation sites excluding steroid dienone is 1. The second-order valence-electron chi connectivity index (χ2n) is 11.6. The number of carbonyl (C=O) groups excluding carboxylic acids is 6. The van der Waals surface area contributed by atoms with Crippen molar-refractivity contribution < 1.29 is 76.1 Å². The maximum atomic E-state index is 12.4. The predicted molar refractivity (Wildman–Crippen MR) is 166 cm³/mol. The van der Waals surface area contributed by atoms with Gasteiger partial charge in [-0.1, -0.05) is 25.8 Å². The van der Waals surface area contributed by atoms with E-state index in [2.05, 4.69) is 6.58 Å². The third kappa shape index (κ3) is 13.7. The number of hydrogen-bond acceptors (Lipinski definition) is 16. The summed E-state index contributed by atoms with van der Waals surface area (Å²) in [6.07, 6.45) is -6.76. The van der Waals surface area contributed by atoms with E-state index in [4.69, 9.17) is 47.4 Å². The topological polar surface area (TPSA) is 195 Å². The molecule has 16 heteroatoms. The zero-order valence-corrected chi connectivity index (χ0v) is 29.2. The summed E-state index contributed by atoms with van der Waals surface area (Å²) in [5.74, 6) is -4.61. The zero-order valence-electron chi connectivity index (χ0n) is 29.2. The maximum Gasteiger partial charge on any atom is 0.303 e. The van der Waals surface area contributed by atoms with Gasteiger partial charge in [-0.05, 0) is 25.7 Å². The SMILES string of the molecule is C=CCCCCCCOC1OC(CC)C(OC2OC(COC(C)=O)C(OC(C)=O)C(OC(C)=O)C2OC(C)=O)C(OC(C)=O)C1OC(C)=O. The van der Waals surface area contributed by atoms with Crippen molar-refractivity contribution in [1.29, 1.82) is 0 Å². The summed E-state index contributed by atoms with van der Waals surface area (Å²) in [7, 11) is 0. The molecule has 2 aliphatic heterocycles. The number of carbonyl (C=O) groups is 6. The molecule has 49 heavy (non-hydrogen) atoms. The average Bonchev–Trinajstić information content (AvgIpc) is 2.99. The largest absolute Gasteiger partial charge is 0.463 e. The van der Waals surface area contributed by atoms with E-state index in [0.29, 0.717) is 6.42 Å². The van der Waals surface area contributed by atoms with E-state index in [9.17, 15) is 28.8 Å². The van der Waals surface area contributed by atoms with E-state index >= 15 is 0 Å². The van der Waals surface area contributed by atoms with Gasteiger partial charge >= 0.3 is 35.8 Å². The van der Waals surface area contributed by atoms with Crippen molar-refractivity contribution in [3.8, 4) is 0 Å². The van der Waals surface area contributed by atoms with Gasteiger partial charge < -0.3 is 47.4 Å². The van der Waals surface area contributed by atoms with Gasteiger partial charge in [0.15, 0.2) is 43.1 Å². The van der Waals surface area contributed by atoms with Gasteiger partial charge in [0.2, 0.25) is 0 Å². The fourth-order valence-corrected chi connectivity index (χ4v) is 5.55. The Morgan fingerprint density at radius 2 is 1.04 bits per heavy atom. The van der Waals surface area contributed by atoms with Crippen LogP contribution >= 0.6 is 0 Å². The van der Waals surface area contributed by atoms with E-state index in [1.807, 2.05) is 6.08 Å². The lowest BCUT2D eigenvalue weighted by Crippen LogP contribution is -2.66. The Kier molecular flexibility index (Phi) is 17.7. The van der Waals surface area contributed by atoms with Crippen molar-refractivity contribution in [3.63, 3.8) is 0 Å². The Balaban J connectivity index is 2.53. The van der Waals surface area contributed by atoms with Crippen LogP contribution in [0.5, 0.6) is 0 Å². The molecule has 2 rings (SSSR count). The molecule has 2 fully saturated rings. The van der Waals surface area contributed by atoms with Crippen LogP contribution in [0.1, 0.15) is 87.0 Å². The van der Waals surface area contributed by atoms with Crippen LogP contribution in [0.15, 0.2) is 12.7 Å². The molecule has 16 nitrogen and oxygen atoms in total. The first-order chi connectivity index (χ1) is 23.2. The first kappa shape index (κ1) is 41.6. The van der Waals surface area contributed by atoms with Crippen LogP contribution in [-0.2, 0) is 76.1 Å². The molecule has 0 aromatic rings. The molecular formula is C33H50O16. The summed E-state index contributed by atoms with van der Waals surface area (Å²) in [5, 5.41) is 0. The standard InChI is InChI=1S/C33H50O16/c1-9-11-12-13-14-15-16-40-32-30(45-22(7)38)28(43-20(5)36)26(24(10-2)47-32)49-33-31(46-23(8)39)29(44-21(6)37)27(42-19(4)35)25(48-33)17-41-18(3)34/h9,24-33H,1,10-17H2,2-8H3. The van der Waals surface area contributed by atoms with Crippen molar-refractivity contribution in [1.82, 2.24) is 0 Å². The Morgan fingerprint density at radius 1 is 0.571 bits per heavy atom. The van der Waals surface area contributed by atoms with Crippen LogP contribution in [-0.4, -0.2) is 110 Å². The summed E-state index contributed by atoms with van der Waals surface area (Å²) < 4.78 is 57.5. The zero-order chi connectivity index (χ0) is 36.7. The lowest BCUT2D eigenvalue weighted by molar-refractivity contribution is -0.359. The smallest absolute Gasteiger partial charge is 0.303 e. The normalized spacial score (nSPS) is 29.5. The molecule has 0 amide bonds. The van der Waals surface area contributed by atoms with E-state index in [-0.39, 0.29) is 13.0 Å². The summed E-state index contributed by atoms with van der Waals surface area (Å²) in [6, 6.07) is 0. The van der Waals surface area contributed by atoms with Crippen molar-refractivity contribution in [3.05, 3.63) is 12.7 Å². The molecule has 0 aromatic heterocycles. The third-order valence-electron chi connectivity index (χ3n) is 7.42. The highest BCUT2D eigenvalue weighted by Gasteiger charge is 2.57. The molecule has 0 aliphatic carbocycles. The molecule has 10 atom stereocenters. The van der Waals surface area contributed by atoms with Gasteiger partial charge in [0, 0.05) is 48.1 Å². The Bertz CT molecular complexity index is 1140. The molecule has 0 N–H and O–H groups in total. The number of hydrogen-bond donors (Lipinski definition) is 0. The molecular weight excluding hydrogens is 652 g/mol. The summed E-state index contributed by atoms with van der Waals surface area (Å²) in [6.45, 7) is 12.0. The van der Waals surface area contributed by atoms with Crippen LogP contribution in [0.3, 0.4) is 0 Å². The Morgan fingerprint density at radius 3 is 1.55 bits per heavy atom. The van der Waals surface area contributed by atoms with Crippen LogP contribution in [0.2, 0.25) is 0 Å². The molecule has 2 heterocycles. The van der Waals surface area contributed by atoms with Crippen LogP contribution in [0.4, 0.5) is 0 Å². The van der Waals surface area contributed by atoms with Gasteiger partial charge in [-0.15, -0.1) is 6.58 Å². The minimum Gasteiger partial charge on any atom is -0.463 e. The molecule has 0 bridgehead atoms. The van der Waals surface area contributed by atoms with E-state index in [1.54, 1.807) is 6.92 Å². The van der Waals surface area contributed by atoms with E-state index < -0.39 is 104 Å². The van der Waals surface area contributed by atoms with Crippen LogP contribution in [0, 0.1) is 0 Å².